The Balaban J connectivity index is 1.68. The Bertz CT molecular complexity index is 1060. The number of benzene rings is 3. The van der Waals surface area contributed by atoms with Gasteiger partial charge in [-0.15, -0.1) is 0 Å². The number of aromatic amines is 1. The number of halogens is 1. The molecule has 0 spiro atoms. The molecule has 0 aliphatic carbocycles. The van der Waals surface area contributed by atoms with Crippen LogP contribution in [0.2, 0.25) is 5.02 Å². The molecular formula is C25H24ClN2+. The van der Waals surface area contributed by atoms with Crippen LogP contribution in [0.4, 0.5) is 5.82 Å². The van der Waals surface area contributed by atoms with E-state index in [1.807, 2.05) is 12.1 Å². The number of hydrogen-bond donors (Lipinski definition) is 0. The summed E-state index contributed by atoms with van der Waals surface area (Å²) in [6.45, 7) is 3.95. The lowest BCUT2D eigenvalue weighted by atomic mass is 10.1. The summed E-state index contributed by atoms with van der Waals surface area (Å²) in [7, 11) is 0. The molecule has 2 nitrogen and oxygen atoms in total. The van der Waals surface area contributed by atoms with Crippen LogP contribution >= 0.6 is 11.6 Å². The second-order valence-corrected chi connectivity index (χ2v) is 7.61. The predicted octanol–water partition coefficient (Wildman–Crippen LogP) is 5.87. The van der Waals surface area contributed by atoms with Crippen molar-refractivity contribution < 1.29 is 4.98 Å². The van der Waals surface area contributed by atoms with Gasteiger partial charge in [-0.1, -0.05) is 72.3 Å². The fraction of sp³-hybridized carbons (Fsp3) is 0.160. The first-order valence-electron chi connectivity index (χ1n) is 9.64. The van der Waals surface area contributed by atoms with E-state index in [2.05, 4.69) is 89.6 Å². The van der Waals surface area contributed by atoms with Crippen molar-refractivity contribution in [3.8, 4) is 0 Å². The van der Waals surface area contributed by atoms with E-state index in [-0.39, 0.29) is 0 Å². The van der Waals surface area contributed by atoms with Crippen LogP contribution < -0.4 is 9.88 Å². The first-order chi connectivity index (χ1) is 13.7. The number of pyridine rings is 1. The minimum atomic E-state index is 0.749. The Labute approximate surface area is 171 Å². The number of anilines is 1. The highest BCUT2D eigenvalue weighted by molar-refractivity contribution is 6.31. The lowest BCUT2D eigenvalue weighted by molar-refractivity contribution is -0.330. The fourth-order valence-electron chi connectivity index (χ4n) is 3.59. The Morgan fingerprint density at radius 1 is 0.821 bits per heavy atom. The molecule has 0 bridgehead atoms. The molecule has 4 aromatic rings. The van der Waals surface area contributed by atoms with E-state index in [9.17, 15) is 0 Å². The topological polar surface area (TPSA) is 17.4 Å². The van der Waals surface area contributed by atoms with E-state index in [0.29, 0.717) is 0 Å². The maximum atomic E-state index is 6.24. The van der Waals surface area contributed by atoms with Gasteiger partial charge >= 0.3 is 0 Å². The molecule has 0 saturated carbocycles. The Morgan fingerprint density at radius 2 is 1.50 bits per heavy atom. The van der Waals surface area contributed by atoms with Crippen LogP contribution in [0.15, 0.2) is 84.9 Å². The Morgan fingerprint density at radius 3 is 2.21 bits per heavy atom. The van der Waals surface area contributed by atoms with Gasteiger partial charge in [0, 0.05) is 29.0 Å². The van der Waals surface area contributed by atoms with E-state index in [4.69, 9.17) is 11.6 Å². The van der Waals surface area contributed by atoms with Gasteiger partial charge in [0.25, 0.3) is 5.82 Å². The van der Waals surface area contributed by atoms with Crippen LogP contribution in [0, 0.1) is 6.92 Å². The number of rotatable bonds is 6. The third-order valence-electron chi connectivity index (χ3n) is 5.09. The molecule has 0 aliphatic rings. The number of aryl methyl sites for hydroxylation is 1. The summed E-state index contributed by atoms with van der Waals surface area (Å²) in [4.78, 5) is 6.02. The third kappa shape index (κ3) is 4.35. The zero-order chi connectivity index (χ0) is 19.3. The number of H-pyrrole nitrogens is 1. The highest BCUT2D eigenvalue weighted by Crippen LogP contribution is 2.23. The highest BCUT2D eigenvalue weighted by atomic mass is 35.5. The van der Waals surface area contributed by atoms with Crippen molar-refractivity contribution in [3.05, 3.63) is 107 Å². The largest absolute Gasteiger partial charge is 0.275 e. The number of nitrogens with one attached hydrogen (secondary N) is 1. The van der Waals surface area contributed by atoms with Crippen LogP contribution in [0.25, 0.3) is 10.9 Å². The lowest BCUT2D eigenvalue weighted by Gasteiger charge is -2.18. The summed E-state index contributed by atoms with van der Waals surface area (Å²) in [5.74, 6) is 1.12. The van der Waals surface area contributed by atoms with Crippen molar-refractivity contribution >= 4 is 28.3 Å². The maximum Gasteiger partial charge on any atom is 0.275 e. The van der Waals surface area contributed by atoms with Crippen molar-refractivity contribution in [2.75, 3.05) is 11.4 Å². The number of hydrogen-bond acceptors (Lipinski definition) is 1. The summed E-state index contributed by atoms with van der Waals surface area (Å²) < 4.78 is 0. The van der Waals surface area contributed by atoms with Gasteiger partial charge in [-0.25, -0.2) is 4.98 Å². The molecule has 1 aromatic heterocycles. The van der Waals surface area contributed by atoms with Crippen LogP contribution in [-0.4, -0.2) is 6.54 Å². The predicted molar refractivity (Wildman–Crippen MR) is 118 cm³/mol. The normalized spacial score (nSPS) is 10.9. The van der Waals surface area contributed by atoms with E-state index < -0.39 is 0 Å². The van der Waals surface area contributed by atoms with Gasteiger partial charge in [-0.2, -0.15) is 0 Å². The summed E-state index contributed by atoms with van der Waals surface area (Å²) >= 11 is 6.24. The Kier molecular flexibility index (Phi) is 5.59. The molecule has 0 atom stereocenters. The number of nitrogens with zero attached hydrogens (tertiary/aromatic N) is 1. The van der Waals surface area contributed by atoms with E-state index >= 15 is 0 Å². The quantitative estimate of drug-likeness (QED) is 0.404. The second kappa shape index (κ2) is 8.45. The van der Waals surface area contributed by atoms with Crippen molar-refractivity contribution in [1.82, 2.24) is 0 Å². The molecule has 3 aromatic carbocycles. The molecular weight excluding hydrogens is 364 g/mol. The molecule has 140 valence electrons. The number of fused-ring (bicyclic) bond motifs is 1. The van der Waals surface area contributed by atoms with Gasteiger partial charge in [0.05, 0.1) is 6.54 Å². The molecule has 0 unspecified atom stereocenters. The van der Waals surface area contributed by atoms with E-state index in [1.165, 1.54) is 22.1 Å². The van der Waals surface area contributed by atoms with Crippen molar-refractivity contribution in [2.45, 2.75) is 19.9 Å². The lowest BCUT2D eigenvalue weighted by Crippen LogP contribution is -2.31. The van der Waals surface area contributed by atoms with E-state index in [1.54, 1.807) is 0 Å². The average molecular weight is 388 g/mol. The van der Waals surface area contributed by atoms with Gasteiger partial charge in [0.2, 0.25) is 0 Å². The van der Waals surface area contributed by atoms with Crippen molar-refractivity contribution in [2.24, 2.45) is 0 Å². The summed E-state index contributed by atoms with van der Waals surface area (Å²) in [5.41, 5.74) is 4.97. The molecule has 28 heavy (non-hydrogen) atoms. The van der Waals surface area contributed by atoms with Crippen LogP contribution in [0.5, 0.6) is 0 Å². The smallest absolute Gasteiger partial charge is 0.257 e. The molecule has 0 radical (unpaired) electrons. The summed E-state index contributed by atoms with van der Waals surface area (Å²) in [5, 5.41) is 1.95. The van der Waals surface area contributed by atoms with Crippen LogP contribution in [0.3, 0.4) is 0 Å². The molecule has 0 aliphatic heterocycles. The zero-order valence-corrected chi connectivity index (χ0v) is 16.8. The molecule has 1 N–H and O–H groups in total. The van der Waals surface area contributed by atoms with Gasteiger partial charge < -0.3 is 0 Å². The Hall–Kier alpha value is -2.84. The fourth-order valence-corrected chi connectivity index (χ4v) is 3.76. The van der Waals surface area contributed by atoms with Gasteiger partial charge in [-0.05, 0) is 35.7 Å². The summed E-state index contributed by atoms with van der Waals surface area (Å²) in [6, 6.07) is 29.5. The number of aromatic nitrogens is 1. The highest BCUT2D eigenvalue weighted by Gasteiger charge is 2.18. The minimum Gasteiger partial charge on any atom is -0.257 e. The SMILES string of the molecule is Cc1cc(N(CCc2ccccc2)Cc2ccccc2)[nH+]c2cc(Cl)ccc12. The molecule has 3 heteroatoms. The van der Waals surface area contributed by atoms with Gasteiger partial charge in [0.15, 0.2) is 0 Å². The minimum absolute atomic E-state index is 0.749. The molecule has 0 amide bonds. The second-order valence-electron chi connectivity index (χ2n) is 7.17. The molecule has 0 saturated heterocycles. The zero-order valence-electron chi connectivity index (χ0n) is 16.0. The third-order valence-corrected chi connectivity index (χ3v) is 5.33. The van der Waals surface area contributed by atoms with E-state index in [0.717, 1.165) is 35.9 Å². The van der Waals surface area contributed by atoms with Gasteiger partial charge in [0.1, 0.15) is 12.1 Å². The average Bonchev–Trinajstić information content (AvgIpc) is 2.72. The molecule has 1 heterocycles. The summed E-state index contributed by atoms with van der Waals surface area (Å²) in [6.07, 6.45) is 0.994. The standard InChI is InChI=1S/C25H23ClN2/c1-19-16-25(27-24-17-22(26)12-13-23(19)24)28(18-21-10-6-3-7-11-21)15-14-20-8-4-2-5-9-20/h2-13,16-17H,14-15,18H2,1H3/p+1. The van der Waals surface area contributed by atoms with Gasteiger partial charge in [-0.3, -0.25) is 4.90 Å². The van der Waals surface area contributed by atoms with Crippen LogP contribution in [-0.2, 0) is 13.0 Å². The van der Waals surface area contributed by atoms with Crippen molar-refractivity contribution in [3.63, 3.8) is 0 Å². The maximum absolute atomic E-state index is 6.24. The first-order valence-corrected chi connectivity index (χ1v) is 10.0. The molecule has 0 fully saturated rings. The van der Waals surface area contributed by atoms with Crippen molar-refractivity contribution in [1.29, 1.82) is 0 Å². The van der Waals surface area contributed by atoms with Crippen LogP contribution in [0.1, 0.15) is 16.7 Å². The molecule has 4 rings (SSSR count). The first kappa shape index (κ1) is 18.5. The monoisotopic (exact) mass is 387 g/mol.